The van der Waals surface area contributed by atoms with Crippen LogP contribution in [0.1, 0.15) is 23.8 Å². The number of benzene rings is 1. The smallest absolute Gasteiger partial charge is 0.261 e. The fourth-order valence-electron chi connectivity index (χ4n) is 3.26. The first-order chi connectivity index (χ1) is 11.8. The Kier molecular flexibility index (Phi) is 4.17. The molecule has 1 aromatic carbocycles. The summed E-state index contributed by atoms with van der Waals surface area (Å²) in [6, 6.07) is 14.0. The van der Waals surface area contributed by atoms with Gasteiger partial charge in [-0.2, -0.15) is 0 Å². The third kappa shape index (κ3) is 2.87. The average molecular weight is 338 g/mol. The molecule has 3 aromatic rings. The van der Waals surface area contributed by atoms with Crippen molar-refractivity contribution in [1.82, 2.24) is 9.88 Å². The highest BCUT2D eigenvalue weighted by Gasteiger charge is 2.30. The van der Waals surface area contributed by atoms with Crippen LogP contribution in [0.25, 0.3) is 10.9 Å². The molecule has 0 aliphatic carbocycles. The zero-order valence-electron chi connectivity index (χ0n) is 13.2. The third-order valence-electron chi connectivity index (χ3n) is 4.40. The maximum atomic E-state index is 12.7. The molecular weight excluding hydrogens is 320 g/mol. The molecule has 1 atom stereocenters. The second kappa shape index (κ2) is 6.61. The molecule has 1 fully saturated rings. The second-order valence-corrected chi connectivity index (χ2v) is 6.85. The Morgan fingerprint density at radius 1 is 1.25 bits per heavy atom. The van der Waals surface area contributed by atoms with Crippen molar-refractivity contribution in [3.63, 3.8) is 0 Å². The van der Waals surface area contributed by atoms with Crippen molar-refractivity contribution in [2.24, 2.45) is 0 Å². The number of hydrogen-bond donors (Lipinski definition) is 0. The van der Waals surface area contributed by atoms with Crippen LogP contribution in [0.5, 0.6) is 5.75 Å². The number of ether oxygens (including phenoxy) is 1. The van der Waals surface area contributed by atoms with Crippen LogP contribution in [0.2, 0.25) is 0 Å². The van der Waals surface area contributed by atoms with Gasteiger partial charge in [0, 0.05) is 23.0 Å². The Morgan fingerprint density at radius 3 is 3.04 bits per heavy atom. The third-order valence-corrected chi connectivity index (χ3v) is 5.38. The van der Waals surface area contributed by atoms with Crippen LogP contribution in [0, 0.1) is 0 Å². The van der Waals surface area contributed by atoms with Gasteiger partial charge in [0.25, 0.3) is 5.91 Å². The molecule has 0 N–H and O–H groups in total. The van der Waals surface area contributed by atoms with Crippen molar-refractivity contribution < 1.29 is 9.53 Å². The lowest BCUT2D eigenvalue weighted by molar-refractivity contribution is -0.134. The lowest BCUT2D eigenvalue weighted by Gasteiger charge is -2.24. The van der Waals surface area contributed by atoms with Gasteiger partial charge in [-0.15, -0.1) is 11.3 Å². The number of para-hydroxylation sites is 1. The van der Waals surface area contributed by atoms with E-state index in [1.54, 1.807) is 17.5 Å². The van der Waals surface area contributed by atoms with Crippen LogP contribution >= 0.6 is 11.3 Å². The number of amides is 1. The number of thiophene rings is 1. The molecule has 0 radical (unpaired) electrons. The van der Waals surface area contributed by atoms with Crippen molar-refractivity contribution in [3.05, 3.63) is 58.9 Å². The standard InChI is InChI=1S/C19H18N2O2S/c22-19(21-11-3-7-16(21)18-8-4-12-24-18)13-23-17-9-10-20-15-6-2-1-5-14(15)17/h1-2,4-6,8-10,12,16H,3,7,11,13H2. The highest BCUT2D eigenvalue weighted by molar-refractivity contribution is 7.10. The topological polar surface area (TPSA) is 42.4 Å². The minimum Gasteiger partial charge on any atom is -0.483 e. The number of pyridine rings is 1. The molecule has 24 heavy (non-hydrogen) atoms. The molecule has 1 aliphatic heterocycles. The molecule has 1 unspecified atom stereocenters. The molecule has 0 saturated carbocycles. The monoisotopic (exact) mass is 338 g/mol. The van der Waals surface area contributed by atoms with E-state index in [1.165, 1.54) is 4.88 Å². The molecular formula is C19H18N2O2S. The van der Waals surface area contributed by atoms with Crippen LogP contribution in [0.3, 0.4) is 0 Å². The summed E-state index contributed by atoms with van der Waals surface area (Å²) in [6.45, 7) is 0.873. The molecule has 3 heterocycles. The van der Waals surface area contributed by atoms with Crippen molar-refractivity contribution >= 4 is 28.1 Å². The van der Waals surface area contributed by atoms with E-state index < -0.39 is 0 Å². The number of hydrogen-bond acceptors (Lipinski definition) is 4. The summed E-state index contributed by atoms with van der Waals surface area (Å²) < 4.78 is 5.83. The lowest BCUT2D eigenvalue weighted by atomic mass is 10.2. The molecule has 1 saturated heterocycles. The van der Waals surface area contributed by atoms with E-state index >= 15 is 0 Å². The van der Waals surface area contributed by atoms with E-state index in [0.717, 1.165) is 30.3 Å². The van der Waals surface area contributed by atoms with E-state index in [0.29, 0.717) is 5.75 Å². The highest BCUT2D eigenvalue weighted by atomic mass is 32.1. The summed E-state index contributed by atoms with van der Waals surface area (Å²) >= 11 is 1.71. The Labute approximate surface area is 144 Å². The zero-order valence-corrected chi connectivity index (χ0v) is 14.0. The molecule has 0 spiro atoms. The fourth-order valence-corrected chi connectivity index (χ4v) is 4.13. The summed E-state index contributed by atoms with van der Waals surface area (Å²) in [6.07, 6.45) is 3.80. The largest absolute Gasteiger partial charge is 0.483 e. The molecule has 4 rings (SSSR count). The van der Waals surface area contributed by atoms with E-state index in [-0.39, 0.29) is 18.6 Å². The summed E-state index contributed by atoms with van der Waals surface area (Å²) in [5.74, 6) is 0.757. The average Bonchev–Trinajstić information content (AvgIpc) is 3.30. The maximum absolute atomic E-state index is 12.7. The molecule has 2 aromatic heterocycles. The Balaban J connectivity index is 1.48. The van der Waals surface area contributed by atoms with Crippen LogP contribution in [0.4, 0.5) is 0 Å². The molecule has 1 aliphatic rings. The van der Waals surface area contributed by atoms with Gasteiger partial charge in [-0.05, 0) is 42.5 Å². The number of likely N-dealkylation sites (tertiary alicyclic amines) is 1. The number of nitrogens with zero attached hydrogens (tertiary/aromatic N) is 2. The van der Waals surface area contributed by atoms with Gasteiger partial charge in [0.15, 0.2) is 6.61 Å². The first-order valence-electron chi connectivity index (χ1n) is 8.12. The first kappa shape index (κ1) is 15.1. The second-order valence-electron chi connectivity index (χ2n) is 5.88. The minimum atomic E-state index is 0.0480. The molecule has 5 heteroatoms. The van der Waals surface area contributed by atoms with Crippen molar-refractivity contribution in [2.75, 3.05) is 13.2 Å². The van der Waals surface area contributed by atoms with Gasteiger partial charge in [-0.1, -0.05) is 18.2 Å². The summed E-state index contributed by atoms with van der Waals surface area (Å²) in [5, 5.41) is 3.00. The van der Waals surface area contributed by atoms with Crippen LogP contribution in [-0.2, 0) is 4.79 Å². The maximum Gasteiger partial charge on any atom is 0.261 e. The predicted molar refractivity (Wildman–Crippen MR) is 95.2 cm³/mol. The zero-order chi connectivity index (χ0) is 16.4. The molecule has 0 bridgehead atoms. The number of fused-ring (bicyclic) bond motifs is 1. The Morgan fingerprint density at radius 2 is 2.17 bits per heavy atom. The van der Waals surface area contributed by atoms with Crippen LogP contribution in [0.15, 0.2) is 54.0 Å². The Hall–Kier alpha value is -2.40. The van der Waals surface area contributed by atoms with E-state index in [4.69, 9.17) is 4.74 Å². The highest BCUT2D eigenvalue weighted by Crippen LogP contribution is 2.34. The first-order valence-corrected chi connectivity index (χ1v) is 9.00. The van der Waals surface area contributed by atoms with E-state index in [1.807, 2.05) is 41.3 Å². The molecule has 1 amide bonds. The van der Waals surface area contributed by atoms with Crippen LogP contribution < -0.4 is 4.74 Å². The number of aromatic nitrogens is 1. The van der Waals surface area contributed by atoms with Gasteiger partial charge >= 0.3 is 0 Å². The number of carbonyl (C=O) groups is 1. The number of carbonyl (C=O) groups excluding carboxylic acids is 1. The summed E-state index contributed by atoms with van der Waals surface area (Å²) in [5.41, 5.74) is 0.875. The normalized spacial score (nSPS) is 17.3. The van der Waals surface area contributed by atoms with Gasteiger partial charge in [0.05, 0.1) is 11.6 Å². The van der Waals surface area contributed by atoms with E-state index in [9.17, 15) is 4.79 Å². The van der Waals surface area contributed by atoms with Crippen molar-refractivity contribution in [1.29, 1.82) is 0 Å². The quantitative estimate of drug-likeness (QED) is 0.721. The Bertz CT molecular complexity index is 842. The van der Waals surface area contributed by atoms with Gasteiger partial charge in [-0.3, -0.25) is 9.78 Å². The summed E-state index contributed by atoms with van der Waals surface area (Å²) in [4.78, 5) is 20.2. The number of rotatable bonds is 4. The molecule has 4 nitrogen and oxygen atoms in total. The lowest BCUT2D eigenvalue weighted by Crippen LogP contribution is -2.34. The van der Waals surface area contributed by atoms with Gasteiger partial charge in [0.1, 0.15) is 5.75 Å². The minimum absolute atomic E-state index is 0.0480. The van der Waals surface area contributed by atoms with Crippen molar-refractivity contribution in [2.45, 2.75) is 18.9 Å². The molecule has 122 valence electrons. The van der Waals surface area contributed by atoms with E-state index in [2.05, 4.69) is 16.4 Å². The predicted octanol–water partition coefficient (Wildman–Crippen LogP) is 4.04. The van der Waals surface area contributed by atoms with Crippen molar-refractivity contribution in [3.8, 4) is 5.75 Å². The summed E-state index contributed by atoms with van der Waals surface area (Å²) in [7, 11) is 0. The van der Waals surface area contributed by atoms with Gasteiger partial charge in [0.2, 0.25) is 0 Å². The van der Waals surface area contributed by atoms with Gasteiger partial charge in [-0.25, -0.2) is 0 Å². The van der Waals surface area contributed by atoms with Gasteiger partial charge < -0.3 is 9.64 Å². The SMILES string of the molecule is O=C(COc1ccnc2ccccc12)N1CCCC1c1cccs1. The fraction of sp³-hybridized carbons (Fsp3) is 0.263. The van der Waals surface area contributed by atoms with Crippen LogP contribution in [-0.4, -0.2) is 28.9 Å².